The molecule has 21 heavy (non-hydrogen) atoms. The molecule has 0 radical (unpaired) electrons. The van der Waals surface area contributed by atoms with E-state index in [0.717, 1.165) is 48.5 Å². The summed E-state index contributed by atoms with van der Waals surface area (Å²) in [7, 11) is 0. The van der Waals surface area contributed by atoms with Crippen molar-refractivity contribution in [3.8, 4) is 5.75 Å². The third-order valence-electron chi connectivity index (χ3n) is 3.59. The fourth-order valence-electron chi connectivity index (χ4n) is 2.54. The SMILES string of the molecule is O=C(Nc1cccc2c1CCNC2)c1ccc(F)cc1O. The molecule has 3 rings (SSSR count). The maximum absolute atomic E-state index is 13.0. The van der Waals surface area contributed by atoms with Crippen molar-refractivity contribution >= 4 is 11.6 Å². The number of aromatic hydroxyl groups is 1. The van der Waals surface area contributed by atoms with Gasteiger partial charge in [0.25, 0.3) is 5.91 Å². The molecule has 108 valence electrons. The van der Waals surface area contributed by atoms with Crippen LogP contribution in [0.4, 0.5) is 10.1 Å². The van der Waals surface area contributed by atoms with Crippen LogP contribution in [0.3, 0.4) is 0 Å². The van der Waals surface area contributed by atoms with Crippen molar-refractivity contribution < 1.29 is 14.3 Å². The molecular formula is C16H15FN2O2. The quantitative estimate of drug-likeness (QED) is 0.794. The van der Waals surface area contributed by atoms with Crippen LogP contribution in [0.5, 0.6) is 5.75 Å². The van der Waals surface area contributed by atoms with Gasteiger partial charge >= 0.3 is 0 Å². The maximum atomic E-state index is 13.0. The van der Waals surface area contributed by atoms with E-state index in [2.05, 4.69) is 10.6 Å². The highest BCUT2D eigenvalue weighted by Crippen LogP contribution is 2.25. The molecule has 0 unspecified atom stereocenters. The van der Waals surface area contributed by atoms with Crippen molar-refractivity contribution in [1.82, 2.24) is 5.32 Å². The van der Waals surface area contributed by atoms with Crippen LogP contribution in [0, 0.1) is 5.82 Å². The number of hydrogen-bond donors (Lipinski definition) is 3. The van der Waals surface area contributed by atoms with Crippen molar-refractivity contribution in [3.05, 3.63) is 58.9 Å². The molecule has 1 amide bonds. The van der Waals surface area contributed by atoms with Gasteiger partial charge in [0.15, 0.2) is 0 Å². The zero-order valence-electron chi connectivity index (χ0n) is 11.3. The molecule has 2 aromatic rings. The summed E-state index contributed by atoms with van der Waals surface area (Å²) in [5.41, 5.74) is 3.05. The van der Waals surface area contributed by atoms with Gasteiger partial charge in [-0.1, -0.05) is 12.1 Å². The molecule has 0 saturated heterocycles. The zero-order chi connectivity index (χ0) is 14.8. The summed E-state index contributed by atoms with van der Waals surface area (Å²) in [5.74, 6) is -1.38. The molecule has 1 aliphatic rings. The van der Waals surface area contributed by atoms with Gasteiger partial charge in [0.2, 0.25) is 0 Å². The summed E-state index contributed by atoms with van der Waals surface area (Å²) in [6.07, 6.45) is 0.835. The minimum absolute atomic E-state index is 0.0583. The molecule has 2 aromatic carbocycles. The van der Waals surface area contributed by atoms with E-state index in [1.165, 1.54) is 6.07 Å². The first-order valence-electron chi connectivity index (χ1n) is 6.76. The topological polar surface area (TPSA) is 61.4 Å². The number of anilines is 1. The van der Waals surface area contributed by atoms with Gasteiger partial charge in [-0.15, -0.1) is 0 Å². The summed E-state index contributed by atoms with van der Waals surface area (Å²) < 4.78 is 13.0. The van der Waals surface area contributed by atoms with Crippen LogP contribution in [0.25, 0.3) is 0 Å². The van der Waals surface area contributed by atoms with Crippen LogP contribution >= 0.6 is 0 Å². The van der Waals surface area contributed by atoms with Crippen molar-refractivity contribution in [1.29, 1.82) is 0 Å². The van der Waals surface area contributed by atoms with E-state index in [1.54, 1.807) is 0 Å². The standard InChI is InChI=1S/C16H15FN2O2/c17-11-4-5-13(15(20)8-11)16(21)19-14-3-1-2-10-9-18-7-6-12(10)14/h1-5,8,18,20H,6-7,9H2,(H,19,21). The lowest BCUT2D eigenvalue weighted by Crippen LogP contribution is -2.25. The Bertz CT molecular complexity index is 701. The number of carbonyl (C=O) groups is 1. The first-order chi connectivity index (χ1) is 10.1. The molecule has 0 fully saturated rings. The number of rotatable bonds is 2. The monoisotopic (exact) mass is 286 g/mol. The van der Waals surface area contributed by atoms with E-state index in [0.29, 0.717) is 0 Å². The second-order valence-electron chi connectivity index (χ2n) is 4.99. The fourth-order valence-corrected chi connectivity index (χ4v) is 2.54. The van der Waals surface area contributed by atoms with E-state index in [4.69, 9.17) is 0 Å². The van der Waals surface area contributed by atoms with Gasteiger partial charge in [-0.3, -0.25) is 4.79 Å². The molecule has 0 atom stereocenters. The van der Waals surface area contributed by atoms with E-state index in [-0.39, 0.29) is 11.3 Å². The minimum Gasteiger partial charge on any atom is -0.507 e. The average molecular weight is 286 g/mol. The van der Waals surface area contributed by atoms with Gasteiger partial charge in [0.05, 0.1) is 5.56 Å². The number of benzene rings is 2. The fraction of sp³-hybridized carbons (Fsp3) is 0.188. The van der Waals surface area contributed by atoms with Crippen molar-refractivity contribution in [3.63, 3.8) is 0 Å². The number of phenols is 1. The van der Waals surface area contributed by atoms with Crippen LogP contribution in [0.2, 0.25) is 0 Å². The minimum atomic E-state index is -0.577. The molecule has 1 aliphatic heterocycles. The third kappa shape index (κ3) is 2.73. The van der Waals surface area contributed by atoms with Gasteiger partial charge in [-0.05, 0) is 42.3 Å². The van der Waals surface area contributed by atoms with Crippen LogP contribution in [-0.2, 0) is 13.0 Å². The molecule has 0 spiro atoms. The highest BCUT2D eigenvalue weighted by atomic mass is 19.1. The summed E-state index contributed by atoms with van der Waals surface area (Å²) in [6, 6.07) is 9.09. The lowest BCUT2D eigenvalue weighted by Gasteiger charge is -2.20. The number of carbonyl (C=O) groups excluding carboxylic acids is 1. The zero-order valence-corrected chi connectivity index (χ0v) is 11.3. The van der Waals surface area contributed by atoms with Crippen molar-refractivity contribution in [2.45, 2.75) is 13.0 Å². The number of fused-ring (bicyclic) bond motifs is 1. The van der Waals surface area contributed by atoms with E-state index in [9.17, 15) is 14.3 Å². The predicted octanol–water partition coefficient (Wildman–Crippen LogP) is 2.43. The summed E-state index contributed by atoms with van der Waals surface area (Å²) in [4.78, 5) is 12.2. The second kappa shape index (κ2) is 5.54. The molecular weight excluding hydrogens is 271 g/mol. The van der Waals surface area contributed by atoms with Crippen LogP contribution < -0.4 is 10.6 Å². The molecule has 0 aliphatic carbocycles. The van der Waals surface area contributed by atoms with Gasteiger partial charge in [0.1, 0.15) is 11.6 Å². The van der Waals surface area contributed by atoms with E-state index >= 15 is 0 Å². The Kier molecular flexibility index (Phi) is 3.58. The Morgan fingerprint density at radius 2 is 2.14 bits per heavy atom. The Hall–Kier alpha value is -2.40. The normalized spacial score (nSPS) is 13.6. The van der Waals surface area contributed by atoms with Crippen molar-refractivity contribution in [2.24, 2.45) is 0 Å². The Morgan fingerprint density at radius 3 is 2.95 bits per heavy atom. The van der Waals surface area contributed by atoms with Gasteiger partial charge < -0.3 is 15.7 Å². The summed E-state index contributed by atoms with van der Waals surface area (Å²) in [6.45, 7) is 1.64. The molecule has 0 aromatic heterocycles. The first kappa shape index (κ1) is 13.6. The molecule has 0 saturated carbocycles. The molecule has 3 N–H and O–H groups in total. The predicted molar refractivity (Wildman–Crippen MR) is 77.9 cm³/mol. The molecule has 4 nitrogen and oxygen atoms in total. The Balaban J connectivity index is 1.88. The number of amides is 1. The number of halogens is 1. The van der Waals surface area contributed by atoms with E-state index in [1.807, 2.05) is 18.2 Å². The number of phenolic OH excluding ortho intramolecular Hbond substituents is 1. The van der Waals surface area contributed by atoms with Crippen molar-refractivity contribution in [2.75, 3.05) is 11.9 Å². The number of hydrogen-bond acceptors (Lipinski definition) is 3. The molecule has 0 bridgehead atoms. The van der Waals surface area contributed by atoms with Gasteiger partial charge in [-0.2, -0.15) is 0 Å². The Morgan fingerprint density at radius 1 is 1.29 bits per heavy atom. The highest BCUT2D eigenvalue weighted by Gasteiger charge is 2.16. The van der Waals surface area contributed by atoms with E-state index < -0.39 is 11.7 Å². The lowest BCUT2D eigenvalue weighted by atomic mass is 9.99. The van der Waals surface area contributed by atoms with Crippen LogP contribution in [-0.4, -0.2) is 17.6 Å². The second-order valence-corrected chi connectivity index (χ2v) is 4.99. The van der Waals surface area contributed by atoms with Crippen LogP contribution in [0.1, 0.15) is 21.5 Å². The van der Waals surface area contributed by atoms with Gasteiger partial charge in [0, 0.05) is 18.3 Å². The van der Waals surface area contributed by atoms with Crippen LogP contribution in [0.15, 0.2) is 36.4 Å². The number of nitrogens with one attached hydrogen (secondary N) is 2. The summed E-state index contributed by atoms with van der Waals surface area (Å²) >= 11 is 0. The average Bonchev–Trinajstić information content (AvgIpc) is 2.47. The third-order valence-corrected chi connectivity index (χ3v) is 3.59. The highest BCUT2D eigenvalue weighted by molar-refractivity contribution is 6.06. The largest absolute Gasteiger partial charge is 0.507 e. The molecule has 5 heteroatoms. The summed E-state index contributed by atoms with van der Waals surface area (Å²) in [5, 5.41) is 15.7. The van der Waals surface area contributed by atoms with Gasteiger partial charge in [-0.25, -0.2) is 4.39 Å². The smallest absolute Gasteiger partial charge is 0.259 e. The molecule has 1 heterocycles. The Labute approximate surface area is 121 Å². The lowest BCUT2D eigenvalue weighted by molar-refractivity contribution is 0.102. The maximum Gasteiger partial charge on any atom is 0.259 e. The first-order valence-corrected chi connectivity index (χ1v) is 6.76.